The van der Waals surface area contributed by atoms with Crippen molar-refractivity contribution in [2.75, 3.05) is 0 Å². The quantitative estimate of drug-likeness (QED) is 0.154. The average Bonchev–Trinajstić information content (AvgIpc) is 2.23. The van der Waals surface area contributed by atoms with Gasteiger partial charge in [0.1, 0.15) is 0 Å². The van der Waals surface area contributed by atoms with Gasteiger partial charge in [-0.3, -0.25) is 9.59 Å². The van der Waals surface area contributed by atoms with Gasteiger partial charge < -0.3 is 33.6 Å². The molecular weight excluding hydrogens is 352 g/mol. The molecular formula is C6H12K4N2O6. The minimum absolute atomic E-state index is 0. The van der Waals surface area contributed by atoms with Crippen LogP contribution in [0.1, 0.15) is 16.3 Å². The predicted molar refractivity (Wildman–Crippen MR) is 40.5 cm³/mol. The van der Waals surface area contributed by atoms with Crippen LogP contribution < -0.4 is 216 Å². The first-order valence-electron chi connectivity index (χ1n) is 1.76. The van der Waals surface area contributed by atoms with Gasteiger partial charge in [0.25, 0.3) is 12.9 Å². The molecule has 0 atom stereocenters. The van der Waals surface area contributed by atoms with Crippen molar-refractivity contribution >= 4 is 12.9 Å². The van der Waals surface area contributed by atoms with Crippen LogP contribution in [0.3, 0.4) is 0 Å². The summed E-state index contributed by atoms with van der Waals surface area (Å²) < 4.78 is 0. The number of nitriles is 1. The van der Waals surface area contributed by atoms with Crippen LogP contribution in [0.25, 0.3) is 0 Å². The summed E-state index contributed by atoms with van der Waals surface area (Å²) in [4.78, 5) is 22.5. The summed E-state index contributed by atoms with van der Waals surface area (Å²) in [6.07, 6.45) is 0. The molecule has 0 radical (unpaired) electrons. The first kappa shape index (κ1) is 66.7. The molecule has 0 unspecified atom stereocenters. The summed E-state index contributed by atoms with van der Waals surface area (Å²) in [5, 5.41) is 29.6. The first-order chi connectivity index (χ1) is 5.83. The fourth-order valence-corrected chi connectivity index (χ4v) is 0. The molecule has 12 heteroatoms. The molecule has 8 nitrogen and oxygen atoms in total. The molecule has 0 saturated heterocycles. The molecule has 0 rings (SSSR count). The van der Waals surface area contributed by atoms with Gasteiger partial charge in [0, 0.05) is 6.57 Å². The van der Waals surface area contributed by atoms with Crippen molar-refractivity contribution in [2.45, 2.75) is 14.9 Å². The van der Waals surface area contributed by atoms with Crippen LogP contribution in [-0.2, 0) is 19.4 Å². The summed E-state index contributed by atoms with van der Waals surface area (Å²) in [6.45, 7) is 7.89. The Morgan fingerprint density at radius 1 is 0.889 bits per heavy atom. The summed E-state index contributed by atoms with van der Waals surface area (Å²) in [5.74, 6) is 0. The zero-order chi connectivity index (χ0) is 10.8. The van der Waals surface area contributed by atoms with Crippen molar-refractivity contribution in [3.63, 3.8) is 0 Å². The van der Waals surface area contributed by atoms with Crippen LogP contribution >= 0.6 is 0 Å². The number of nitrogens with zero attached hydrogens (tertiary/aromatic N) is 2. The summed E-state index contributed by atoms with van der Waals surface area (Å²) >= 11 is 0. The van der Waals surface area contributed by atoms with Gasteiger partial charge in [0.15, 0.2) is 0 Å². The summed E-state index contributed by atoms with van der Waals surface area (Å²) in [7, 11) is 0. The molecule has 0 aliphatic heterocycles. The molecule has 0 N–H and O–H groups in total. The minimum Gasteiger partial charge on any atom is -1.00 e. The Hall–Kier alpha value is 4.39. The van der Waals surface area contributed by atoms with E-state index in [0.717, 1.165) is 0 Å². The Labute approximate surface area is 280 Å². The van der Waals surface area contributed by atoms with Gasteiger partial charge in [-0.1, -0.05) is 14.9 Å². The number of hydrogen-bond acceptors (Lipinski definition) is 8. The number of hydrogen-bond donors (Lipinski definition) is 0. The van der Waals surface area contributed by atoms with Gasteiger partial charge in [0.2, 0.25) is 0 Å². The van der Waals surface area contributed by atoms with Crippen molar-refractivity contribution in [1.82, 2.24) is 0 Å². The van der Waals surface area contributed by atoms with Crippen LogP contribution in [0.2, 0.25) is 0 Å². The van der Waals surface area contributed by atoms with E-state index in [0.29, 0.717) is 0 Å². The molecule has 0 aromatic carbocycles. The van der Waals surface area contributed by atoms with E-state index in [2.05, 4.69) is 16.3 Å². The number of carbonyl (C=O) groups excluding carboxylic acids is 2. The van der Waals surface area contributed by atoms with Crippen LogP contribution in [0.5, 0.6) is 0 Å². The molecule has 18 heavy (non-hydrogen) atoms. The maximum absolute atomic E-state index is 8.64. The van der Waals surface area contributed by atoms with Gasteiger partial charge in [-0.2, -0.15) is 0 Å². The topological polar surface area (TPSA) is 146 Å². The first-order valence-corrected chi connectivity index (χ1v) is 1.76. The van der Waals surface area contributed by atoms with E-state index in [1.807, 2.05) is 0 Å². The fraction of sp³-hybridized carbons (Fsp3) is 0.333. The van der Waals surface area contributed by atoms with E-state index in [1.54, 1.807) is 0 Å². The van der Waals surface area contributed by atoms with Crippen molar-refractivity contribution < 1.29 is 237 Å². The van der Waals surface area contributed by atoms with E-state index in [9.17, 15) is 0 Å². The molecule has 0 fully saturated rings. The molecule has 0 saturated carbocycles. The molecule has 0 aliphatic rings. The molecule has 0 aliphatic carbocycles. The zero-order valence-electron chi connectivity index (χ0n) is 10.6. The Kier molecular flexibility index (Phi) is 469. The van der Waals surface area contributed by atoms with E-state index in [1.165, 1.54) is 0 Å². The van der Waals surface area contributed by atoms with Crippen LogP contribution in [0, 0.1) is 23.7 Å². The largest absolute Gasteiger partial charge is 1.00 e. The van der Waals surface area contributed by atoms with Crippen molar-refractivity contribution in [3.05, 3.63) is 6.57 Å². The minimum atomic E-state index is -0.181. The molecule has 86 valence electrons. The standard InChI is InChI=1S/CHN.CN.2CH2O3.2CH4.4K.H/c2*1-2;2*2-1-4-3;;;;;;;/h1H;;2*1,3H;2*1H4;;;;;/q;-1;;;;;4*+1;-1/p-2. The third-order valence-corrected chi connectivity index (χ3v) is 0.0786. The second kappa shape index (κ2) is 126. The van der Waals surface area contributed by atoms with E-state index in [-0.39, 0.29) is 235 Å². The van der Waals surface area contributed by atoms with Crippen LogP contribution in [0.15, 0.2) is 0 Å². The Balaban J connectivity index is -0.00000000460. The van der Waals surface area contributed by atoms with Crippen molar-refractivity contribution in [2.24, 2.45) is 0 Å². The summed E-state index contributed by atoms with van der Waals surface area (Å²) in [5.41, 5.74) is 0. The van der Waals surface area contributed by atoms with E-state index in [4.69, 9.17) is 37.2 Å². The van der Waals surface area contributed by atoms with E-state index < -0.39 is 0 Å². The molecule has 0 bridgehead atoms. The second-order valence-electron chi connectivity index (χ2n) is 0.385. The maximum Gasteiger partial charge on any atom is 1.00 e. The molecule has 0 spiro atoms. The Morgan fingerprint density at radius 3 is 0.944 bits per heavy atom. The molecule has 0 aromatic heterocycles. The maximum atomic E-state index is 8.64. The second-order valence-corrected chi connectivity index (χ2v) is 0.385. The third kappa shape index (κ3) is 188. The zero-order valence-corrected chi connectivity index (χ0v) is 22.1. The SMILES string of the molecule is C.C.C#N.O=CO[O-].O=CO[O-].[C-]#N.[H-].[K+].[K+].[K+].[K+]. The smallest absolute Gasteiger partial charge is 1.00 e. The van der Waals surface area contributed by atoms with Crippen LogP contribution in [-0.4, -0.2) is 12.9 Å². The normalized spacial score (nSPS) is 2.56. The van der Waals surface area contributed by atoms with Crippen LogP contribution in [0.4, 0.5) is 0 Å². The number of carbonyl (C=O) groups is 2. The van der Waals surface area contributed by atoms with Gasteiger partial charge >= 0.3 is 206 Å². The molecule has 0 heterocycles. The Bertz CT molecular complexity index is 119. The van der Waals surface area contributed by atoms with Gasteiger partial charge in [-0.05, 0) is 0 Å². The summed E-state index contributed by atoms with van der Waals surface area (Å²) in [6, 6.07) is 0. The number of rotatable bonds is 2. The monoisotopic (exact) mass is 364 g/mol. The fourth-order valence-electron chi connectivity index (χ4n) is 0. The molecule has 0 aromatic rings. The van der Waals surface area contributed by atoms with Crippen molar-refractivity contribution in [1.29, 1.82) is 10.5 Å². The van der Waals surface area contributed by atoms with Gasteiger partial charge in [0.05, 0.1) is 0 Å². The van der Waals surface area contributed by atoms with Gasteiger partial charge in [-0.25, -0.2) is 5.26 Å². The third-order valence-electron chi connectivity index (χ3n) is 0.0786. The van der Waals surface area contributed by atoms with Gasteiger partial charge in [-0.15, -0.1) is 0 Å². The average molecular weight is 365 g/mol. The van der Waals surface area contributed by atoms with E-state index >= 15 is 0 Å². The Morgan fingerprint density at radius 2 is 0.944 bits per heavy atom. The predicted octanol–water partition coefficient (Wildman–Crippen LogP) is -13.5. The molecule has 0 amide bonds. The van der Waals surface area contributed by atoms with Crippen molar-refractivity contribution in [3.8, 4) is 6.57 Å².